The predicted molar refractivity (Wildman–Crippen MR) is 109 cm³/mol. The summed E-state index contributed by atoms with van der Waals surface area (Å²) in [6.07, 6.45) is 14.1. The summed E-state index contributed by atoms with van der Waals surface area (Å²) < 4.78 is 5.30. The largest absolute Gasteiger partial charge is 0.461 e. The SMILES string of the molecule is CC(C)CCCC(C)CCCC(C)CCCC(=O)OCc1cccnc1. The second kappa shape index (κ2) is 13.8. The minimum Gasteiger partial charge on any atom is -0.461 e. The molecule has 0 radical (unpaired) electrons. The lowest BCUT2D eigenvalue weighted by molar-refractivity contribution is -0.145. The zero-order chi connectivity index (χ0) is 19.2. The minimum atomic E-state index is -0.0974. The Kier molecular flexibility index (Phi) is 12.0. The van der Waals surface area contributed by atoms with E-state index in [2.05, 4.69) is 32.7 Å². The van der Waals surface area contributed by atoms with Gasteiger partial charge in [0, 0.05) is 24.4 Å². The highest BCUT2D eigenvalue weighted by molar-refractivity contribution is 5.69. The Balaban J connectivity index is 2.00. The van der Waals surface area contributed by atoms with Crippen molar-refractivity contribution in [2.24, 2.45) is 17.8 Å². The fourth-order valence-electron chi connectivity index (χ4n) is 3.29. The van der Waals surface area contributed by atoms with Crippen molar-refractivity contribution >= 4 is 5.97 Å². The molecule has 2 atom stereocenters. The standard InChI is InChI=1S/C23H39NO2/c1-19(2)9-5-10-20(3)11-6-12-21(4)13-7-15-23(25)26-18-22-14-8-16-24-17-22/h8,14,16-17,19-21H,5-7,9-13,15,18H2,1-4H3. The molecule has 1 aromatic rings. The Bertz CT molecular complexity index is 472. The van der Waals surface area contributed by atoms with E-state index in [0.29, 0.717) is 18.9 Å². The van der Waals surface area contributed by atoms with Gasteiger partial charge in [0.05, 0.1) is 0 Å². The molecule has 0 bridgehead atoms. The molecule has 0 amide bonds. The lowest BCUT2D eigenvalue weighted by Crippen LogP contribution is -2.06. The van der Waals surface area contributed by atoms with Gasteiger partial charge in [-0.2, -0.15) is 0 Å². The molecule has 1 aromatic heterocycles. The summed E-state index contributed by atoms with van der Waals surface area (Å²) in [6, 6.07) is 3.78. The fraction of sp³-hybridized carbons (Fsp3) is 0.739. The molecule has 148 valence electrons. The molecule has 1 rings (SSSR count). The van der Waals surface area contributed by atoms with Crippen LogP contribution in [0, 0.1) is 17.8 Å². The van der Waals surface area contributed by atoms with Gasteiger partial charge in [-0.25, -0.2) is 0 Å². The summed E-state index contributed by atoms with van der Waals surface area (Å²) in [7, 11) is 0. The number of esters is 1. The van der Waals surface area contributed by atoms with Crippen LogP contribution in [0.25, 0.3) is 0 Å². The van der Waals surface area contributed by atoms with Gasteiger partial charge < -0.3 is 4.74 Å². The van der Waals surface area contributed by atoms with E-state index in [0.717, 1.165) is 30.2 Å². The highest BCUT2D eigenvalue weighted by Crippen LogP contribution is 2.21. The second-order valence-electron chi connectivity index (χ2n) is 8.38. The zero-order valence-corrected chi connectivity index (χ0v) is 17.4. The van der Waals surface area contributed by atoms with E-state index in [-0.39, 0.29) is 5.97 Å². The molecule has 3 nitrogen and oxygen atoms in total. The number of nitrogens with zero attached hydrogens (tertiary/aromatic N) is 1. The summed E-state index contributed by atoms with van der Waals surface area (Å²) >= 11 is 0. The van der Waals surface area contributed by atoms with Crippen LogP contribution in [0.1, 0.15) is 91.0 Å². The van der Waals surface area contributed by atoms with Crippen LogP contribution < -0.4 is 0 Å². The average molecular weight is 362 g/mol. The van der Waals surface area contributed by atoms with E-state index >= 15 is 0 Å². The molecule has 0 fully saturated rings. The van der Waals surface area contributed by atoms with Crippen LogP contribution in [-0.4, -0.2) is 11.0 Å². The van der Waals surface area contributed by atoms with Crippen LogP contribution >= 0.6 is 0 Å². The highest BCUT2D eigenvalue weighted by Gasteiger charge is 2.08. The van der Waals surface area contributed by atoms with Gasteiger partial charge in [-0.1, -0.05) is 78.7 Å². The van der Waals surface area contributed by atoms with Gasteiger partial charge in [0.2, 0.25) is 0 Å². The van der Waals surface area contributed by atoms with E-state index in [1.54, 1.807) is 12.4 Å². The first-order valence-corrected chi connectivity index (χ1v) is 10.5. The number of rotatable bonds is 14. The smallest absolute Gasteiger partial charge is 0.306 e. The third-order valence-electron chi connectivity index (χ3n) is 5.07. The summed E-state index contributed by atoms with van der Waals surface area (Å²) in [5.74, 6) is 2.28. The monoisotopic (exact) mass is 361 g/mol. The maximum absolute atomic E-state index is 11.8. The Morgan fingerprint density at radius 2 is 1.58 bits per heavy atom. The quantitative estimate of drug-likeness (QED) is 0.352. The summed E-state index contributed by atoms with van der Waals surface area (Å²) in [5.41, 5.74) is 0.941. The molecule has 0 saturated carbocycles. The van der Waals surface area contributed by atoms with Crippen LogP contribution in [0.3, 0.4) is 0 Å². The van der Waals surface area contributed by atoms with Gasteiger partial charge in [-0.3, -0.25) is 9.78 Å². The third kappa shape index (κ3) is 12.1. The molecule has 2 unspecified atom stereocenters. The minimum absolute atomic E-state index is 0.0974. The molecule has 3 heteroatoms. The van der Waals surface area contributed by atoms with E-state index < -0.39 is 0 Å². The van der Waals surface area contributed by atoms with Crippen molar-refractivity contribution in [1.82, 2.24) is 4.98 Å². The second-order valence-corrected chi connectivity index (χ2v) is 8.38. The highest BCUT2D eigenvalue weighted by atomic mass is 16.5. The third-order valence-corrected chi connectivity index (χ3v) is 5.07. The van der Waals surface area contributed by atoms with Crippen molar-refractivity contribution in [3.05, 3.63) is 30.1 Å². The number of ether oxygens (including phenoxy) is 1. The molecule has 0 aromatic carbocycles. The molecular weight excluding hydrogens is 322 g/mol. The lowest BCUT2D eigenvalue weighted by Gasteiger charge is -2.15. The van der Waals surface area contributed by atoms with E-state index in [9.17, 15) is 4.79 Å². The van der Waals surface area contributed by atoms with Gasteiger partial charge in [0.25, 0.3) is 0 Å². The van der Waals surface area contributed by atoms with Gasteiger partial charge in [-0.15, -0.1) is 0 Å². The first-order chi connectivity index (χ1) is 12.5. The van der Waals surface area contributed by atoms with Crippen molar-refractivity contribution in [1.29, 1.82) is 0 Å². The van der Waals surface area contributed by atoms with Gasteiger partial charge in [0.15, 0.2) is 0 Å². The van der Waals surface area contributed by atoms with Crippen molar-refractivity contribution in [2.45, 2.75) is 92.1 Å². The molecule has 0 aliphatic carbocycles. The number of hydrogen-bond donors (Lipinski definition) is 0. The maximum Gasteiger partial charge on any atom is 0.306 e. The van der Waals surface area contributed by atoms with Gasteiger partial charge >= 0.3 is 5.97 Å². The van der Waals surface area contributed by atoms with Crippen LogP contribution in [0.4, 0.5) is 0 Å². The number of aromatic nitrogens is 1. The van der Waals surface area contributed by atoms with Crippen molar-refractivity contribution < 1.29 is 9.53 Å². The molecular formula is C23H39NO2. The number of pyridine rings is 1. The van der Waals surface area contributed by atoms with E-state index in [1.165, 1.54) is 38.5 Å². The molecule has 1 heterocycles. The van der Waals surface area contributed by atoms with Gasteiger partial charge in [-0.05, 0) is 30.2 Å². The first-order valence-electron chi connectivity index (χ1n) is 10.5. The average Bonchev–Trinajstić information content (AvgIpc) is 2.60. The number of carbonyl (C=O) groups is 1. The molecule has 0 spiro atoms. The van der Waals surface area contributed by atoms with E-state index in [1.807, 2.05) is 12.1 Å². The number of carbonyl (C=O) groups excluding carboxylic acids is 1. The lowest BCUT2D eigenvalue weighted by atomic mass is 9.92. The summed E-state index contributed by atoms with van der Waals surface area (Å²) in [4.78, 5) is 15.8. The van der Waals surface area contributed by atoms with Crippen molar-refractivity contribution in [3.63, 3.8) is 0 Å². The molecule has 0 aliphatic rings. The topological polar surface area (TPSA) is 39.2 Å². The Morgan fingerprint density at radius 1 is 0.962 bits per heavy atom. The zero-order valence-electron chi connectivity index (χ0n) is 17.4. The normalized spacial score (nSPS) is 13.6. The Morgan fingerprint density at radius 3 is 2.15 bits per heavy atom. The summed E-state index contributed by atoms with van der Waals surface area (Å²) in [5, 5.41) is 0. The summed E-state index contributed by atoms with van der Waals surface area (Å²) in [6.45, 7) is 9.65. The van der Waals surface area contributed by atoms with Crippen LogP contribution in [-0.2, 0) is 16.1 Å². The van der Waals surface area contributed by atoms with Gasteiger partial charge in [0.1, 0.15) is 6.61 Å². The van der Waals surface area contributed by atoms with Crippen LogP contribution in [0.15, 0.2) is 24.5 Å². The van der Waals surface area contributed by atoms with Crippen LogP contribution in [0.2, 0.25) is 0 Å². The Labute approximate surface area is 160 Å². The molecule has 0 saturated heterocycles. The molecule has 0 aliphatic heterocycles. The first kappa shape index (κ1) is 22.7. The molecule has 0 N–H and O–H groups in total. The van der Waals surface area contributed by atoms with E-state index in [4.69, 9.17) is 4.74 Å². The van der Waals surface area contributed by atoms with Crippen molar-refractivity contribution in [3.8, 4) is 0 Å². The fourth-order valence-corrected chi connectivity index (χ4v) is 3.29. The van der Waals surface area contributed by atoms with Crippen molar-refractivity contribution in [2.75, 3.05) is 0 Å². The molecule has 26 heavy (non-hydrogen) atoms. The van der Waals surface area contributed by atoms with Crippen LogP contribution in [0.5, 0.6) is 0 Å². The maximum atomic E-state index is 11.8. The number of hydrogen-bond acceptors (Lipinski definition) is 3. The predicted octanol–water partition coefficient (Wildman–Crippen LogP) is 6.56. The Hall–Kier alpha value is -1.38.